The molecule has 170 valence electrons. The Hall–Kier alpha value is -3.50. The number of anilines is 2. The highest BCUT2D eigenvalue weighted by Gasteiger charge is 2.24. The van der Waals surface area contributed by atoms with Crippen molar-refractivity contribution in [3.8, 4) is 0 Å². The van der Waals surface area contributed by atoms with Gasteiger partial charge in [0.05, 0.1) is 31.0 Å². The lowest BCUT2D eigenvalue weighted by Crippen LogP contribution is -2.49. The molecule has 1 aliphatic rings. The average Bonchev–Trinajstić information content (AvgIpc) is 2.82. The molecule has 1 aromatic heterocycles. The maximum atomic E-state index is 12.4. The third kappa shape index (κ3) is 5.80. The van der Waals surface area contributed by atoms with E-state index in [0.717, 1.165) is 0 Å². The first-order valence-electron chi connectivity index (χ1n) is 10.2. The second kappa shape index (κ2) is 10.7. The normalized spacial score (nSPS) is 14.4. The van der Waals surface area contributed by atoms with E-state index in [2.05, 4.69) is 15.6 Å². The Morgan fingerprint density at radius 3 is 2.50 bits per heavy atom. The Labute approximate surface area is 186 Å². The van der Waals surface area contributed by atoms with Gasteiger partial charge in [-0.2, -0.15) is 0 Å². The Bertz CT molecular complexity index is 957. The molecule has 3 rings (SSSR count). The van der Waals surface area contributed by atoms with Crippen molar-refractivity contribution in [2.24, 2.45) is 0 Å². The number of nitrogens with one attached hydrogen (secondary N) is 2. The summed E-state index contributed by atoms with van der Waals surface area (Å²) >= 11 is 0. The lowest BCUT2D eigenvalue weighted by Gasteiger charge is -2.28. The minimum absolute atomic E-state index is 0.179. The number of rotatable bonds is 7. The van der Waals surface area contributed by atoms with Crippen LogP contribution in [-0.2, 0) is 9.53 Å². The van der Waals surface area contributed by atoms with Gasteiger partial charge in [0, 0.05) is 50.8 Å². The standard InChI is InChI=1S/C22H27N5O5/c1-26(2)21(30)17-13-23-8-7-18(17)25-16-5-3-15(4-6-16)20(29)24-14-19(28)22(31)27-9-11-32-12-10-27/h3-8,13,19,28H,9-12,14H2,1-2H3,(H,23,25)(H,24,29). The van der Waals surface area contributed by atoms with Crippen LogP contribution in [0.25, 0.3) is 0 Å². The topological polar surface area (TPSA) is 124 Å². The van der Waals surface area contributed by atoms with Gasteiger partial charge < -0.3 is 30.3 Å². The van der Waals surface area contributed by atoms with Crippen molar-refractivity contribution >= 4 is 29.1 Å². The van der Waals surface area contributed by atoms with Gasteiger partial charge in [0.2, 0.25) is 0 Å². The number of ether oxygens (including phenoxy) is 1. The Kier molecular flexibility index (Phi) is 7.74. The second-order valence-corrected chi connectivity index (χ2v) is 7.49. The van der Waals surface area contributed by atoms with Gasteiger partial charge >= 0.3 is 0 Å². The third-order valence-electron chi connectivity index (χ3n) is 4.95. The predicted molar refractivity (Wildman–Crippen MR) is 118 cm³/mol. The average molecular weight is 441 g/mol. The zero-order chi connectivity index (χ0) is 23.1. The molecule has 0 bridgehead atoms. The summed E-state index contributed by atoms with van der Waals surface area (Å²) in [6.07, 6.45) is 1.77. The van der Waals surface area contributed by atoms with Crippen LogP contribution in [0, 0.1) is 0 Å². The second-order valence-electron chi connectivity index (χ2n) is 7.49. The van der Waals surface area contributed by atoms with Gasteiger partial charge in [0.15, 0.2) is 0 Å². The van der Waals surface area contributed by atoms with Crippen LogP contribution in [-0.4, -0.2) is 90.7 Å². The number of aliphatic hydroxyl groups is 1. The number of carbonyl (C=O) groups excluding carboxylic acids is 3. The Morgan fingerprint density at radius 2 is 1.84 bits per heavy atom. The molecule has 3 amide bonds. The summed E-state index contributed by atoms with van der Waals surface area (Å²) in [6, 6.07) is 8.33. The molecule has 2 aromatic rings. The maximum Gasteiger partial charge on any atom is 0.257 e. The molecule has 0 spiro atoms. The zero-order valence-electron chi connectivity index (χ0n) is 18.1. The largest absolute Gasteiger partial charge is 0.381 e. The maximum absolute atomic E-state index is 12.4. The molecule has 3 N–H and O–H groups in total. The number of pyridine rings is 1. The third-order valence-corrected chi connectivity index (χ3v) is 4.95. The molecular formula is C22H27N5O5. The molecule has 1 unspecified atom stereocenters. The van der Waals surface area contributed by atoms with Crippen molar-refractivity contribution in [3.63, 3.8) is 0 Å². The van der Waals surface area contributed by atoms with E-state index < -0.39 is 17.9 Å². The van der Waals surface area contributed by atoms with Gasteiger partial charge in [-0.05, 0) is 30.3 Å². The number of benzene rings is 1. The van der Waals surface area contributed by atoms with Crippen LogP contribution >= 0.6 is 0 Å². The van der Waals surface area contributed by atoms with Crippen LogP contribution in [0.3, 0.4) is 0 Å². The molecule has 1 fully saturated rings. The minimum Gasteiger partial charge on any atom is -0.381 e. The summed E-state index contributed by atoms with van der Waals surface area (Å²) in [7, 11) is 3.33. The fraction of sp³-hybridized carbons (Fsp3) is 0.364. The highest BCUT2D eigenvalue weighted by Crippen LogP contribution is 2.21. The summed E-state index contributed by atoms with van der Waals surface area (Å²) in [5, 5.41) is 15.8. The predicted octanol–water partition coefficient (Wildman–Crippen LogP) is 0.477. The van der Waals surface area contributed by atoms with Crippen molar-refractivity contribution in [2.45, 2.75) is 6.10 Å². The first kappa shape index (κ1) is 23.2. The highest BCUT2D eigenvalue weighted by molar-refractivity contribution is 6.00. The van der Waals surface area contributed by atoms with E-state index >= 15 is 0 Å². The monoisotopic (exact) mass is 441 g/mol. The fourth-order valence-electron chi connectivity index (χ4n) is 3.15. The van der Waals surface area contributed by atoms with Crippen LogP contribution in [0.2, 0.25) is 0 Å². The summed E-state index contributed by atoms with van der Waals surface area (Å²) in [6.45, 7) is 1.56. The van der Waals surface area contributed by atoms with E-state index in [1.165, 1.54) is 16.0 Å². The molecule has 1 aliphatic heterocycles. The van der Waals surface area contributed by atoms with Crippen LogP contribution < -0.4 is 10.6 Å². The number of nitrogens with zero attached hydrogens (tertiary/aromatic N) is 3. The van der Waals surface area contributed by atoms with Gasteiger partial charge in [-0.1, -0.05) is 0 Å². The van der Waals surface area contributed by atoms with Crippen LogP contribution in [0.4, 0.5) is 11.4 Å². The minimum atomic E-state index is -1.31. The lowest BCUT2D eigenvalue weighted by molar-refractivity contribution is -0.143. The number of hydrogen-bond donors (Lipinski definition) is 3. The van der Waals surface area contributed by atoms with Gasteiger partial charge in [0.1, 0.15) is 6.10 Å². The smallest absolute Gasteiger partial charge is 0.257 e. The highest BCUT2D eigenvalue weighted by atomic mass is 16.5. The number of hydrogen-bond acceptors (Lipinski definition) is 7. The fourth-order valence-corrected chi connectivity index (χ4v) is 3.15. The molecule has 0 saturated carbocycles. The summed E-state index contributed by atoms with van der Waals surface area (Å²) in [5.41, 5.74) is 2.09. The van der Waals surface area contributed by atoms with Gasteiger partial charge in [0.25, 0.3) is 17.7 Å². The van der Waals surface area contributed by atoms with Gasteiger partial charge in [-0.3, -0.25) is 19.4 Å². The molecule has 1 atom stereocenters. The SMILES string of the molecule is CN(C)C(=O)c1cnccc1Nc1ccc(C(=O)NCC(O)C(=O)N2CCOCC2)cc1. The summed E-state index contributed by atoms with van der Waals surface area (Å²) < 4.78 is 5.19. The van der Waals surface area contributed by atoms with Crippen LogP contribution in [0.15, 0.2) is 42.7 Å². The van der Waals surface area contributed by atoms with E-state index in [1.54, 1.807) is 50.6 Å². The van der Waals surface area contributed by atoms with E-state index in [0.29, 0.717) is 48.8 Å². The number of aromatic nitrogens is 1. The zero-order valence-corrected chi connectivity index (χ0v) is 18.1. The van der Waals surface area contributed by atoms with Gasteiger partial charge in [-0.15, -0.1) is 0 Å². The van der Waals surface area contributed by atoms with Crippen molar-refractivity contribution in [1.29, 1.82) is 0 Å². The van der Waals surface area contributed by atoms with E-state index in [1.807, 2.05) is 0 Å². The van der Waals surface area contributed by atoms with Gasteiger partial charge in [-0.25, -0.2) is 0 Å². The molecular weight excluding hydrogens is 414 g/mol. The van der Waals surface area contributed by atoms with Crippen LogP contribution in [0.1, 0.15) is 20.7 Å². The summed E-state index contributed by atoms with van der Waals surface area (Å²) in [5.74, 6) is -1.01. The molecule has 1 aromatic carbocycles. The quantitative estimate of drug-likeness (QED) is 0.571. The number of morpholine rings is 1. The summed E-state index contributed by atoms with van der Waals surface area (Å²) in [4.78, 5) is 43.9. The van der Waals surface area contributed by atoms with Crippen molar-refractivity contribution < 1.29 is 24.2 Å². The van der Waals surface area contributed by atoms with Crippen molar-refractivity contribution in [1.82, 2.24) is 20.1 Å². The van der Waals surface area contributed by atoms with E-state index in [4.69, 9.17) is 4.74 Å². The van der Waals surface area contributed by atoms with Crippen LogP contribution in [0.5, 0.6) is 0 Å². The first-order chi connectivity index (χ1) is 15.4. The first-order valence-corrected chi connectivity index (χ1v) is 10.2. The number of aliphatic hydroxyl groups excluding tert-OH is 1. The molecule has 1 saturated heterocycles. The number of carbonyl (C=O) groups is 3. The Balaban J connectivity index is 1.57. The Morgan fingerprint density at radius 1 is 1.16 bits per heavy atom. The van der Waals surface area contributed by atoms with Crippen molar-refractivity contribution in [3.05, 3.63) is 53.9 Å². The molecule has 10 nitrogen and oxygen atoms in total. The number of amides is 3. The molecule has 0 aliphatic carbocycles. The van der Waals surface area contributed by atoms with E-state index in [-0.39, 0.29) is 12.5 Å². The van der Waals surface area contributed by atoms with Crippen molar-refractivity contribution in [2.75, 3.05) is 52.3 Å². The molecule has 10 heteroatoms. The molecule has 0 radical (unpaired) electrons. The lowest BCUT2D eigenvalue weighted by atomic mass is 10.1. The molecule has 32 heavy (non-hydrogen) atoms. The molecule has 2 heterocycles. The van der Waals surface area contributed by atoms with E-state index in [9.17, 15) is 19.5 Å².